The lowest BCUT2D eigenvalue weighted by atomic mass is 10.2. The minimum Gasteiger partial charge on any atom is -0.379 e. The predicted octanol–water partition coefficient (Wildman–Crippen LogP) is 0.431. The molecule has 1 saturated heterocycles. The van der Waals surface area contributed by atoms with Gasteiger partial charge in [-0.25, -0.2) is 0 Å². The molecule has 6 nitrogen and oxygen atoms in total. The summed E-state index contributed by atoms with van der Waals surface area (Å²) in [6.07, 6.45) is -0.613. The van der Waals surface area contributed by atoms with Gasteiger partial charge in [-0.05, 0) is 17.7 Å². The van der Waals surface area contributed by atoms with Crippen LogP contribution in [0.15, 0.2) is 24.3 Å². The van der Waals surface area contributed by atoms with E-state index in [1.54, 1.807) is 0 Å². The summed E-state index contributed by atoms with van der Waals surface area (Å²) in [7, 11) is 1.47. The van der Waals surface area contributed by atoms with Crippen molar-refractivity contribution in [1.29, 1.82) is 0 Å². The number of hydrogen-bond acceptors (Lipinski definition) is 5. The number of nitrogens with two attached hydrogens (primary N) is 1. The van der Waals surface area contributed by atoms with E-state index in [0.29, 0.717) is 0 Å². The number of carbonyl (C=O) groups is 1. The van der Waals surface area contributed by atoms with Gasteiger partial charge in [-0.1, -0.05) is 12.1 Å². The lowest BCUT2D eigenvalue weighted by Gasteiger charge is -2.26. The topological polar surface area (TPSA) is 76.8 Å². The quantitative estimate of drug-likeness (QED) is 0.795. The van der Waals surface area contributed by atoms with Gasteiger partial charge in [0.1, 0.15) is 6.10 Å². The molecule has 1 fully saturated rings. The maximum Gasteiger partial charge on any atom is 0.254 e. The Morgan fingerprint density at radius 3 is 2.62 bits per heavy atom. The Morgan fingerprint density at radius 2 is 2.05 bits per heavy atom. The van der Waals surface area contributed by atoms with Crippen LogP contribution in [-0.2, 0) is 20.8 Å². The second kappa shape index (κ2) is 8.09. The van der Waals surface area contributed by atoms with E-state index in [9.17, 15) is 4.79 Å². The molecule has 0 bridgehead atoms. The van der Waals surface area contributed by atoms with Crippen LogP contribution in [0, 0.1) is 0 Å². The van der Waals surface area contributed by atoms with E-state index in [-0.39, 0.29) is 12.5 Å². The van der Waals surface area contributed by atoms with E-state index in [1.807, 2.05) is 24.3 Å². The van der Waals surface area contributed by atoms with Gasteiger partial charge in [0, 0.05) is 39.0 Å². The van der Waals surface area contributed by atoms with Crippen molar-refractivity contribution in [3.8, 4) is 0 Å². The molecule has 1 aliphatic rings. The van der Waals surface area contributed by atoms with E-state index in [4.69, 9.17) is 15.2 Å². The van der Waals surface area contributed by atoms with Crippen molar-refractivity contribution < 1.29 is 14.3 Å². The minimum absolute atomic E-state index is 0.164. The third-order valence-electron chi connectivity index (χ3n) is 3.52. The fourth-order valence-electron chi connectivity index (χ4n) is 2.24. The normalized spacial score (nSPS) is 17.4. The number of anilines is 1. The molecule has 21 heavy (non-hydrogen) atoms. The highest BCUT2D eigenvalue weighted by Gasteiger charge is 2.15. The number of morpholine rings is 1. The molecule has 1 aromatic rings. The first-order valence-corrected chi connectivity index (χ1v) is 7.15. The number of methoxy groups -OCH3 is 1. The first kappa shape index (κ1) is 15.9. The zero-order valence-electron chi connectivity index (χ0n) is 12.4. The molecule has 0 saturated carbocycles. The molecule has 0 radical (unpaired) electrons. The summed E-state index contributed by atoms with van der Waals surface area (Å²) < 4.78 is 10.3. The van der Waals surface area contributed by atoms with E-state index < -0.39 is 6.10 Å². The van der Waals surface area contributed by atoms with Crippen LogP contribution in [0.25, 0.3) is 0 Å². The molecule has 2 rings (SSSR count). The first-order valence-electron chi connectivity index (χ1n) is 7.15. The third-order valence-corrected chi connectivity index (χ3v) is 3.52. The highest BCUT2D eigenvalue weighted by Crippen LogP contribution is 2.13. The van der Waals surface area contributed by atoms with Crippen molar-refractivity contribution in [1.82, 2.24) is 4.90 Å². The summed E-state index contributed by atoms with van der Waals surface area (Å²) in [5.41, 5.74) is 7.44. The van der Waals surface area contributed by atoms with Crippen molar-refractivity contribution in [2.24, 2.45) is 5.73 Å². The van der Waals surface area contributed by atoms with E-state index in [2.05, 4.69) is 10.2 Å². The molecule has 116 valence electrons. The Labute approximate surface area is 125 Å². The van der Waals surface area contributed by atoms with Crippen LogP contribution >= 0.6 is 0 Å². The molecule has 6 heteroatoms. The standard InChI is InChI=1S/C15H23N3O3/c1-20-14(10-16)15(19)17-13-4-2-12(3-5-13)11-18-6-8-21-9-7-18/h2-5,14H,6-11,16H2,1H3,(H,17,19). The van der Waals surface area contributed by atoms with Gasteiger partial charge in [-0.3, -0.25) is 9.69 Å². The highest BCUT2D eigenvalue weighted by molar-refractivity contribution is 5.94. The van der Waals surface area contributed by atoms with Gasteiger partial charge in [0.2, 0.25) is 0 Å². The largest absolute Gasteiger partial charge is 0.379 e. The Kier molecular flexibility index (Phi) is 6.13. The maximum atomic E-state index is 11.8. The Hall–Kier alpha value is -1.47. The van der Waals surface area contributed by atoms with E-state index in [0.717, 1.165) is 38.5 Å². The van der Waals surface area contributed by atoms with Crippen LogP contribution in [0.1, 0.15) is 5.56 Å². The number of amides is 1. The van der Waals surface area contributed by atoms with Gasteiger partial charge >= 0.3 is 0 Å². The number of nitrogens with zero attached hydrogens (tertiary/aromatic N) is 1. The Bertz CT molecular complexity index is 440. The zero-order valence-corrected chi connectivity index (χ0v) is 12.4. The summed E-state index contributed by atoms with van der Waals surface area (Å²) in [5.74, 6) is -0.221. The van der Waals surface area contributed by atoms with Crippen LogP contribution in [0.4, 0.5) is 5.69 Å². The summed E-state index contributed by atoms with van der Waals surface area (Å²) in [6, 6.07) is 7.85. The molecule has 1 aromatic carbocycles. The van der Waals surface area contributed by atoms with Crippen molar-refractivity contribution >= 4 is 11.6 Å². The number of benzene rings is 1. The molecule has 0 aromatic heterocycles. The summed E-state index contributed by atoms with van der Waals surface area (Å²) in [5, 5.41) is 2.80. The summed E-state index contributed by atoms with van der Waals surface area (Å²) >= 11 is 0. The fraction of sp³-hybridized carbons (Fsp3) is 0.533. The molecule has 1 atom stereocenters. The second-order valence-corrected chi connectivity index (χ2v) is 5.03. The summed E-state index contributed by atoms with van der Waals surface area (Å²) in [4.78, 5) is 14.2. The smallest absolute Gasteiger partial charge is 0.254 e. The molecule has 0 aliphatic carbocycles. The highest BCUT2D eigenvalue weighted by atomic mass is 16.5. The average Bonchev–Trinajstić information content (AvgIpc) is 2.51. The maximum absolute atomic E-state index is 11.8. The monoisotopic (exact) mass is 293 g/mol. The van der Waals surface area contributed by atoms with Crippen LogP contribution < -0.4 is 11.1 Å². The Morgan fingerprint density at radius 1 is 1.38 bits per heavy atom. The predicted molar refractivity (Wildman–Crippen MR) is 81.0 cm³/mol. The van der Waals surface area contributed by atoms with Gasteiger partial charge in [0.05, 0.1) is 13.2 Å². The molecule has 3 N–H and O–H groups in total. The second-order valence-electron chi connectivity index (χ2n) is 5.03. The zero-order chi connectivity index (χ0) is 15.1. The van der Waals surface area contributed by atoms with Crippen LogP contribution in [0.5, 0.6) is 0 Å². The van der Waals surface area contributed by atoms with Gasteiger partial charge in [-0.15, -0.1) is 0 Å². The lowest BCUT2D eigenvalue weighted by molar-refractivity contribution is -0.125. The van der Waals surface area contributed by atoms with Gasteiger partial charge in [0.15, 0.2) is 0 Å². The fourth-order valence-corrected chi connectivity index (χ4v) is 2.24. The van der Waals surface area contributed by atoms with Crippen molar-refractivity contribution in [3.63, 3.8) is 0 Å². The molecular formula is C15H23N3O3. The van der Waals surface area contributed by atoms with Crippen LogP contribution in [-0.4, -0.2) is 56.9 Å². The molecule has 1 heterocycles. The number of nitrogens with one attached hydrogen (secondary N) is 1. The van der Waals surface area contributed by atoms with Crippen molar-refractivity contribution in [2.45, 2.75) is 12.6 Å². The number of carbonyl (C=O) groups excluding carboxylic acids is 1. The number of hydrogen-bond donors (Lipinski definition) is 2. The van der Waals surface area contributed by atoms with Gasteiger partial charge in [-0.2, -0.15) is 0 Å². The van der Waals surface area contributed by atoms with Crippen molar-refractivity contribution in [2.75, 3.05) is 45.3 Å². The molecule has 1 aliphatic heterocycles. The number of ether oxygens (including phenoxy) is 2. The first-order chi connectivity index (χ1) is 10.2. The molecule has 1 amide bonds. The molecular weight excluding hydrogens is 270 g/mol. The third kappa shape index (κ3) is 4.78. The van der Waals surface area contributed by atoms with Crippen LogP contribution in [0.2, 0.25) is 0 Å². The van der Waals surface area contributed by atoms with E-state index in [1.165, 1.54) is 12.7 Å². The Balaban J connectivity index is 1.87. The number of rotatable bonds is 6. The average molecular weight is 293 g/mol. The molecule has 0 spiro atoms. The van der Waals surface area contributed by atoms with Crippen molar-refractivity contribution in [3.05, 3.63) is 29.8 Å². The van der Waals surface area contributed by atoms with Gasteiger partial charge in [0.25, 0.3) is 5.91 Å². The summed E-state index contributed by atoms with van der Waals surface area (Å²) in [6.45, 7) is 4.59. The van der Waals surface area contributed by atoms with Gasteiger partial charge < -0.3 is 20.5 Å². The minimum atomic E-state index is -0.613. The van der Waals surface area contributed by atoms with Crippen LogP contribution in [0.3, 0.4) is 0 Å². The SMILES string of the molecule is COC(CN)C(=O)Nc1ccc(CN2CCOCC2)cc1. The lowest BCUT2D eigenvalue weighted by Crippen LogP contribution is -2.36. The molecule has 1 unspecified atom stereocenters. The van der Waals surface area contributed by atoms with E-state index >= 15 is 0 Å².